The van der Waals surface area contributed by atoms with Crippen molar-refractivity contribution >= 4 is 33.3 Å². The topological polar surface area (TPSA) is 111 Å². The fourth-order valence-electron chi connectivity index (χ4n) is 1.41. The second-order valence-corrected chi connectivity index (χ2v) is 8.38. The van der Waals surface area contributed by atoms with E-state index < -0.39 is 21.4 Å². The van der Waals surface area contributed by atoms with Gasteiger partial charge < -0.3 is 9.26 Å². The summed E-state index contributed by atoms with van der Waals surface area (Å²) < 4.78 is 36.1. The fourth-order valence-corrected chi connectivity index (χ4v) is 3.57. The van der Waals surface area contributed by atoms with Crippen molar-refractivity contribution in [3.05, 3.63) is 22.9 Å². The molecule has 0 aliphatic heterocycles. The number of rotatable bonds is 4. The number of ether oxygens (including phenoxy) is 1. The highest BCUT2D eigenvalue weighted by Crippen LogP contribution is 2.25. The first-order valence-corrected chi connectivity index (χ1v) is 8.48. The van der Waals surface area contributed by atoms with E-state index in [1.807, 2.05) is 20.8 Å². The van der Waals surface area contributed by atoms with E-state index in [0.29, 0.717) is 5.89 Å². The highest BCUT2D eigenvalue weighted by atomic mass is 32.2. The lowest BCUT2D eigenvalue weighted by molar-refractivity contribution is 0.0606. The molecule has 2 aromatic rings. The van der Waals surface area contributed by atoms with E-state index in [1.165, 1.54) is 19.2 Å². The molecule has 10 heteroatoms. The lowest BCUT2D eigenvalue weighted by atomic mass is 9.97. The van der Waals surface area contributed by atoms with Crippen LogP contribution in [0.15, 0.2) is 20.9 Å². The molecular formula is C12H15N3O5S2. The van der Waals surface area contributed by atoms with Crippen LogP contribution >= 0.6 is 11.3 Å². The Bertz CT molecular complexity index is 786. The highest BCUT2D eigenvalue weighted by Gasteiger charge is 2.25. The van der Waals surface area contributed by atoms with Gasteiger partial charge in [0.1, 0.15) is 9.09 Å². The number of methoxy groups -OCH3 is 1. The van der Waals surface area contributed by atoms with Crippen LogP contribution in [0.25, 0.3) is 0 Å². The number of nitrogens with zero attached hydrogens (tertiary/aromatic N) is 2. The summed E-state index contributed by atoms with van der Waals surface area (Å²) in [5.74, 6) is -0.439. The molecule has 120 valence electrons. The lowest BCUT2D eigenvalue weighted by Gasteiger charge is -2.10. The van der Waals surface area contributed by atoms with Crippen LogP contribution in [0.4, 0.5) is 5.95 Å². The van der Waals surface area contributed by atoms with Crippen LogP contribution in [-0.4, -0.2) is 31.6 Å². The number of sulfonamides is 1. The van der Waals surface area contributed by atoms with E-state index in [2.05, 4.69) is 19.6 Å². The van der Waals surface area contributed by atoms with Crippen LogP contribution in [0.3, 0.4) is 0 Å². The molecule has 2 rings (SSSR count). The molecule has 0 aliphatic carbocycles. The van der Waals surface area contributed by atoms with E-state index >= 15 is 0 Å². The Kier molecular flexibility index (Phi) is 4.25. The van der Waals surface area contributed by atoms with Gasteiger partial charge in [0, 0.05) is 5.41 Å². The number of thiophene rings is 1. The quantitative estimate of drug-likeness (QED) is 0.844. The number of aromatic nitrogens is 2. The third-order valence-electron chi connectivity index (χ3n) is 2.53. The van der Waals surface area contributed by atoms with Gasteiger partial charge >= 0.3 is 5.97 Å². The smallest absolute Gasteiger partial charge is 0.348 e. The summed E-state index contributed by atoms with van der Waals surface area (Å²) in [7, 11) is -2.67. The minimum atomic E-state index is -3.89. The van der Waals surface area contributed by atoms with Gasteiger partial charge in [-0.05, 0) is 17.3 Å². The first-order valence-electron chi connectivity index (χ1n) is 6.18. The van der Waals surface area contributed by atoms with Gasteiger partial charge in [-0.25, -0.2) is 17.9 Å². The van der Waals surface area contributed by atoms with Crippen molar-refractivity contribution in [3.8, 4) is 0 Å². The molecule has 8 nitrogen and oxygen atoms in total. The number of anilines is 1. The second kappa shape index (κ2) is 5.69. The monoisotopic (exact) mass is 345 g/mol. The summed E-state index contributed by atoms with van der Waals surface area (Å²) in [6.45, 7) is 5.59. The predicted molar refractivity (Wildman–Crippen MR) is 79.5 cm³/mol. The number of carbonyl (C=O) groups excluding carboxylic acids is 1. The molecule has 0 spiro atoms. The van der Waals surface area contributed by atoms with Crippen molar-refractivity contribution in [1.29, 1.82) is 0 Å². The molecule has 1 N–H and O–H groups in total. The first-order chi connectivity index (χ1) is 10.1. The average Bonchev–Trinajstić information content (AvgIpc) is 3.05. The number of hydrogen-bond donors (Lipinski definition) is 1. The Morgan fingerprint density at radius 1 is 1.36 bits per heavy atom. The van der Waals surface area contributed by atoms with Crippen LogP contribution in [0, 0.1) is 0 Å². The van der Waals surface area contributed by atoms with E-state index in [9.17, 15) is 13.2 Å². The standard InChI is InChI=1S/C12H15N3O5S2/c1-12(2,3)10-13-11(14-20-10)15-22(17,18)8-6-5-7(21-8)9(16)19-4/h5-6H,1-4H3,(H,14,15). The maximum absolute atomic E-state index is 12.2. The fraction of sp³-hybridized carbons (Fsp3) is 0.417. The maximum atomic E-state index is 12.2. The average molecular weight is 345 g/mol. The Morgan fingerprint density at radius 3 is 2.59 bits per heavy atom. The predicted octanol–water partition coefficient (Wildman–Crippen LogP) is 2.02. The Hall–Kier alpha value is -1.94. The molecule has 0 saturated carbocycles. The largest absolute Gasteiger partial charge is 0.465 e. The van der Waals surface area contributed by atoms with Gasteiger partial charge in [0.15, 0.2) is 0 Å². The molecule has 0 bridgehead atoms. The number of carbonyl (C=O) groups is 1. The molecule has 0 amide bonds. The molecule has 0 unspecified atom stereocenters. The van der Waals surface area contributed by atoms with Crippen LogP contribution in [0.5, 0.6) is 0 Å². The number of hydrogen-bond acceptors (Lipinski definition) is 8. The summed E-state index contributed by atoms with van der Waals surface area (Å²) in [5, 5.41) is 3.59. The number of nitrogens with one attached hydrogen (secondary N) is 1. The Balaban J connectivity index is 2.23. The zero-order valence-corrected chi connectivity index (χ0v) is 14.0. The van der Waals surface area contributed by atoms with E-state index in [0.717, 1.165) is 11.3 Å². The molecule has 22 heavy (non-hydrogen) atoms. The summed E-state index contributed by atoms with van der Waals surface area (Å²) in [5.41, 5.74) is -0.391. The van der Waals surface area contributed by atoms with Crippen LogP contribution in [0.2, 0.25) is 0 Å². The summed E-state index contributed by atoms with van der Waals surface area (Å²) >= 11 is 0.793. The molecular weight excluding hydrogens is 330 g/mol. The third kappa shape index (κ3) is 3.45. The van der Waals surface area contributed by atoms with Crippen molar-refractivity contribution in [1.82, 2.24) is 10.1 Å². The molecule has 0 atom stereocenters. The van der Waals surface area contributed by atoms with Gasteiger partial charge in [-0.1, -0.05) is 20.8 Å². The molecule has 0 aromatic carbocycles. The van der Waals surface area contributed by atoms with Gasteiger partial charge in [0.2, 0.25) is 5.89 Å². The molecule has 2 aromatic heterocycles. The normalized spacial score (nSPS) is 12.2. The lowest BCUT2D eigenvalue weighted by Crippen LogP contribution is -2.14. The molecule has 0 saturated heterocycles. The van der Waals surface area contributed by atoms with E-state index in [1.54, 1.807) is 0 Å². The summed E-state index contributed by atoms with van der Waals surface area (Å²) in [6.07, 6.45) is 0. The summed E-state index contributed by atoms with van der Waals surface area (Å²) in [6, 6.07) is 2.69. The Morgan fingerprint density at radius 2 is 2.05 bits per heavy atom. The van der Waals surface area contributed by atoms with Crippen molar-refractivity contribution in [2.45, 2.75) is 30.4 Å². The molecule has 0 aliphatic rings. The van der Waals surface area contributed by atoms with Crippen molar-refractivity contribution in [3.63, 3.8) is 0 Å². The van der Waals surface area contributed by atoms with Crippen molar-refractivity contribution < 1.29 is 22.5 Å². The van der Waals surface area contributed by atoms with Gasteiger partial charge in [0.25, 0.3) is 16.0 Å². The Labute approximate surface area is 131 Å². The minimum Gasteiger partial charge on any atom is -0.465 e. The highest BCUT2D eigenvalue weighted by molar-refractivity contribution is 7.94. The van der Waals surface area contributed by atoms with Crippen LogP contribution in [-0.2, 0) is 20.2 Å². The first kappa shape index (κ1) is 16.4. The maximum Gasteiger partial charge on any atom is 0.348 e. The zero-order valence-electron chi connectivity index (χ0n) is 12.4. The van der Waals surface area contributed by atoms with E-state index in [-0.39, 0.29) is 15.0 Å². The van der Waals surface area contributed by atoms with Crippen LogP contribution in [0.1, 0.15) is 36.3 Å². The van der Waals surface area contributed by atoms with Gasteiger partial charge in [-0.15, -0.1) is 11.3 Å². The molecule has 0 radical (unpaired) electrons. The SMILES string of the molecule is COC(=O)c1ccc(S(=O)(=O)Nc2noc(C(C)(C)C)n2)s1. The van der Waals surface area contributed by atoms with Crippen LogP contribution < -0.4 is 4.72 Å². The van der Waals surface area contributed by atoms with Gasteiger partial charge in [-0.3, -0.25) is 0 Å². The van der Waals surface area contributed by atoms with E-state index in [4.69, 9.17) is 4.52 Å². The van der Waals surface area contributed by atoms with Crippen molar-refractivity contribution in [2.24, 2.45) is 0 Å². The number of esters is 1. The molecule has 2 heterocycles. The third-order valence-corrected chi connectivity index (χ3v) is 5.41. The summed E-state index contributed by atoms with van der Waals surface area (Å²) in [4.78, 5) is 15.5. The van der Waals surface area contributed by atoms with Crippen molar-refractivity contribution in [2.75, 3.05) is 11.8 Å². The zero-order chi connectivity index (χ0) is 16.5. The second-order valence-electron chi connectivity index (χ2n) is 5.39. The van der Waals surface area contributed by atoms with Gasteiger partial charge in [0.05, 0.1) is 7.11 Å². The van der Waals surface area contributed by atoms with Gasteiger partial charge in [-0.2, -0.15) is 4.98 Å². The molecule has 0 fully saturated rings. The minimum absolute atomic E-state index is 0.0463.